The van der Waals surface area contributed by atoms with Crippen LogP contribution in [-0.2, 0) is 48.0 Å². The Morgan fingerprint density at radius 3 is 1.14 bits per heavy atom. The third kappa shape index (κ3) is 23.7. The molecule has 0 spiro atoms. The van der Waals surface area contributed by atoms with Crippen LogP contribution >= 0.6 is 31.7 Å². The van der Waals surface area contributed by atoms with E-state index in [1.165, 1.54) is 0 Å². The number of hydrogen-bond acceptors (Lipinski definition) is 11. The van der Waals surface area contributed by atoms with Crippen molar-refractivity contribution in [1.82, 2.24) is 0 Å². The first kappa shape index (κ1) is 40.5. The summed E-state index contributed by atoms with van der Waals surface area (Å²) in [6.07, 6.45) is 0. The normalized spacial score (nSPS) is 13.9. The van der Waals surface area contributed by atoms with Gasteiger partial charge < -0.3 is 13.9 Å². The van der Waals surface area contributed by atoms with Crippen molar-refractivity contribution in [2.24, 2.45) is 16.2 Å². The van der Waals surface area contributed by atoms with Crippen LogP contribution in [0, 0.1) is 16.2 Å². The molecule has 226 valence electrons. The SMILES string of the molecule is CCOP(=O)(OCC)S[P+](OCC(C)(C)C)(OCC(C)(C)C)OCC(C)(C)C.CCOP([O-])(=S)OCC. The average Bonchev–Trinajstić information content (AvgIpc) is 2.68. The molecule has 0 unspecified atom stereocenters. The van der Waals surface area contributed by atoms with E-state index in [2.05, 4.69) is 83.2 Å². The standard InChI is InChI=1S/C19H43O6P2S.C4H11O3PS/c1-12-21-26(20,22-13-2)28-27(23-14-17(3,4)5,24-15-18(6,7)8)25-16-19(9,10)11;1-3-6-8(5,9)7-4-2/h12-16H2,1-11H3;3-4H2,1-2H3,(H,5,9)/q+1;/p-1. The lowest BCUT2D eigenvalue weighted by Gasteiger charge is -2.29. The molecular formula is C23H53O9P3S2. The summed E-state index contributed by atoms with van der Waals surface area (Å²) in [6.45, 7) is 21.5. The lowest BCUT2D eigenvalue weighted by atomic mass is 9.99. The van der Waals surface area contributed by atoms with E-state index in [4.69, 9.17) is 22.6 Å². The Morgan fingerprint density at radius 2 is 0.919 bits per heavy atom. The number of hydrogen-bond donors (Lipinski definition) is 0. The van der Waals surface area contributed by atoms with Gasteiger partial charge in [0.25, 0.3) is 0 Å². The van der Waals surface area contributed by atoms with Gasteiger partial charge in [-0.05, 0) is 43.9 Å². The molecule has 0 saturated carbocycles. The molecule has 0 atom stereocenters. The van der Waals surface area contributed by atoms with Gasteiger partial charge in [-0.25, -0.2) is 4.57 Å². The summed E-state index contributed by atoms with van der Waals surface area (Å²) < 4.78 is 52.4. The van der Waals surface area contributed by atoms with Crippen molar-refractivity contribution < 1.29 is 41.1 Å². The first-order valence-corrected chi connectivity index (χ1v) is 20.3. The minimum absolute atomic E-state index is 0.108. The fourth-order valence-electron chi connectivity index (χ4n) is 1.88. The van der Waals surface area contributed by atoms with Crippen molar-refractivity contribution in [2.45, 2.75) is 90.0 Å². The molecule has 37 heavy (non-hydrogen) atoms. The monoisotopic (exact) mass is 630 g/mol. The van der Waals surface area contributed by atoms with Crippen molar-refractivity contribution in [3.05, 3.63) is 0 Å². The van der Waals surface area contributed by atoms with E-state index in [9.17, 15) is 9.46 Å². The van der Waals surface area contributed by atoms with Crippen LogP contribution in [0.4, 0.5) is 0 Å². The zero-order valence-electron chi connectivity index (χ0n) is 25.3. The minimum atomic E-state index is -3.50. The van der Waals surface area contributed by atoms with Gasteiger partial charge in [-0.3, -0.25) is 9.05 Å². The molecule has 0 aliphatic carbocycles. The average molecular weight is 631 g/mol. The third-order valence-corrected chi connectivity index (χ3v) is 14.4. The smallest absolute Gasteiger partial charge is 0.493 e. The molecule has 0 aliphatic heterocycles. The van der Waals surface area contributed by atoms with Crippen LogP contribution in [0.1, 0.15) is 90.0 Å². The Kier molecular flexibility index (Phi) is 19.7. The van der Waals surface area contributed by atoms with Gasteiger partial charge >= 0.3 is 13.9 Å². The minimum Gasteiger partial charge on any atom is -0.780 e. The van der Waals surface area contributed by atoms with Crippen molar-refractivity contribution in [3.8, 4) is 0 Å². The highest BCUT2D eigenvalue weighted by molar-refractivity contribution is 8.86. The van der Waals surface area contributed by atoms with Gasteiger partial charge in [-0.1, -0.05) is 74.1 Å². The molecule has 0 bridgehead atoms. The zero-order valence-corrected chi connectivity index (χ0v) is 29.6. The highest BCUT2D eigenvalue weighted by Gasteiger charge is 2.58. The Balaban J connectivity index is 0. The summed E-state index contributed by atoms with van der Waals surface area (Å²) in [5, 5.41) is 0. The summed E-state index contributed by atoms with van der Waals surface area (Å²) in [6, 6.07) is 0. The maximum atomic E-state index is 13.3. The van der Waals surface area contributed by atoms with Crippen LogP contribution in [0.2, 0.25) is 0 Å². The predicted octanol–water partition coefficient (Wildman–Crippen LogP) is 8.41. The fourth-order valence-corrected chi connectivity index (χ4v) is 13.1. The summed E-state index contributed by atoms with van der Waals surface area (Å²) in [7, 11) is -3.06. The second-order valence-corrected chi connectivity index (χ2v) is 22.2. The fraction of sp³-hybridized carbons (Fsp3) is 1.00. The lowest BCUT2D eigenvalue weighted by molar-refractivity contribution is -0.205. The molecular weight excluding hydrogens is 577 g/mol. The van der Waals surface area contributed by atoms with E-state index < -0.39 is 20.7 Å². The molecule has 0 rings (SSSR count). The molecule has 0 aromatic heterocycles. The highest BCUT2D eigenvalue weighted by atomic mass is 33.1. The van der Waals surface area contributed by atoms with E-state index in [1.807, 2.05) is 0 Å². The van der Waals surface area contributed by atoms with E-state index >= 15 is 0 Å². The zero-order chi connectivity index (χ0) is 29.6. The van der Waals surface area contributed by atoms with Crippen LogP contribution in [0.15, 0.2) is 0 Å². The molecule has 0 heterocycles. The molecule has 0 aromatic rings. The third-order valence-electron chi connectivity index (χ3n) is 3.32. The molecule has 0 aliphatic rings. The van der Waals surface area contributed by atoms with Gasteiger partial charge in [0.15, 0.2) is 0 Å². The van der Waals surface area contributed by atoms with Crippen LogP contribution < -0.4 is 4.89 Å². The molecule has 14 heteroatoms. The second-order valence-electron chi connectivity index (χ2n) is 11.6. The van der Waals surface area contributed by atoms with Crippen molar-refractivity contribution in [3.63, 3.8) is 0 Å². The van der Waals surface area contributed by atoms with Crippen molar-refractivity contribution >= 4 is 43.5 Å². The van der Waals surface area contributed by atoms with Gasteiger partial charge in [-0.2, -0.15) is 13.6 Å². The number of rotatable bonds is 16. The topological polar surface area (TPSA) is 105 Å². The highest BCUT2D eigenvalue weighted by Crippen LogP contribution is 2.86. The van der Waals surface area contributed by atoms with Crippen LogP contribution in [-0.4, -0.2) is 46.2 Å². The van der Waals surface area contributed by atoms with Crippen LogP contribution in [0.3, 0.4) is 0 Å². The van der Waals surface area contributed by atoms with Gasteiger partial charge in [-0.15, -0.1) is 0 Å². The van der Waals surface area contributed by atoms with Gasteiger partial charge in [0.2, 0.25) is 11.0 Å². The maximum Gasteiger partial charge on any atom is 0.493 e. The Labute approximate surface area is 236 Å². The van der Waals surface area contributed by atoms with Crippen LogP contribution in [0.5, 0.6) is 0 Å². The second kappa shape index (κ2) is 18.0. The Hall–Kier alpha value is 1.34. The van der Waals surface area contributed by atoms with E-state index in [0.29, 0.717) is 33.0 Å². The first-order chi connectivity index (χ1) is 16.6. The van der Waals surface area contributed by atoms with E-state index in [-0.39, 0.29) is 29.5 Å². The summed E-state index contributed by atoms with van der Waals surface area (Å²) >= 11 is 5.42. The maximum absolute atomic E-state index is 13.3. The summed E-state index contributed by atoms with van der Waals surface area (Å²) in [4.78, 5) is 10.8. The summed E-state index contributed by atoms with van der Waals surface area (Å²) in [5.74, 6) is 0. The summed E-state index contributed by atoms with van der Waals surface area (Å²) in [5.41, 5.74) is -0.324. The van der Waals surface area contributed by atoms with Gasteiger partial charge in [0.05, 0.1) is 26.4 Å². The molecule has 0 saturated heterocycles. The molecule has 0 aromatic carbocycles. The lowest BCUT2D eigenvalue weighted by Crippen LogP contribution is -2.22. The molecule has 0 fully saturated rings. The first-order valence-electron chi connectivity index (χ1n) is 12.6. The van der Waals surface area contributed by atoms with E-state index in [0.717, 1.165) is 11.0 Å². The predicted molar refractivity (Wildman–Crippen MR) is 159 cm³/mol. The molecule has 0 radical (unpaired) electrons. The van der Waals surface area contributed by atoms with E-state index in [1.54, 1.807) is 27.7 Å². The van der Waals surface area contributed by atoms with Crippen molar-refractivity contribution in [1.29, 1.82) is 0 Å². The van der Waals surface area contributed by atoms with Crippen LogP contribution in [0.25, 0.3) is 0 Å². The molecule has 9 nitrogen and oxygen atoms in total. The van der Waals surface area contributed by atoms with Gasteiger partial charge in [0.1, 0.15) is 26.5 Å². The molecule has 0 N–H and O–H groups in total. The molecule has 0 amide bonds. The Morgan fingerprint density at radius 1 is 0.649 bits per heavy atom. The van der Waals surface area contributed by atoms with Gasteiger partial charge in [0, 0.05) is 0 Å². The largest absolute Gasteiger partial charge is 0.780 e. The quantitative estimate of drug-likeness (QED) is 0.154. The Bertz CT molecular complexity index is 639. The van der Waals surface area contributed by atoms with Crippen molar-refractivity contribution in [2.75, 3.05) is 46.2 Å².